The number of nitro benzene ring substituents is 1. The van der Waals surface area contributed by atoms with Gasteiger partial charge in [0, 0.05) is 35.4 Å². The molecule has 0 aliphatic rings. The summed E-state index contributed by atoms with van der Waals surface area (Å²) in [6.45, 7) is 0.788. The van der Waals surface area contributed by atoms with Gasteiger partial charge in [-0.05, 0) is 36.4 Å². The molecule has 32 heavy (non-hydrogen) atoms. The monoisotopic (exact) mass is 439 g/mol. The third-order valence-corrected chi connectivity index (χ3v) is 6.33. The van der Waals surface area contributed by atoms with E-state index in [1.165, 1.54) is 27.9 Å². The molecule has 0 spiro atoms. The van der Waals surface area contributed by atoms with Crippen LogP contribution in [0.1, 0.15) is 16.3 Å². The van der Waals surface area contributed by atoms with Gasteiger partial charge in [-0.1, -0.05) is 53.8 Å². The lowest BCUT2D eigenvalue weighted by Crippen LogP contribution is -2.35. The van der Waals surface area contributed by atoms with Gasteiger partial charge in [-0.3, -0.25) is 10.1 Å². The lowest BCUT2D eigenvalue weighted by atomic mass is 10.1. The van der Waals surface area contributed by atoms with Crippen LogP contribution >= 0.6 is 11.3 Å². The van der Waals surface area contributed by atoms with Crippen LogP contribution in [0.25, 0.3) is 33.7 Å². The highest BCUT2D eigenvalue weighted by Gasteiger charge is 2.18. The van der Waals surface area contributed by atoms with Crippen LogP contribution in [0, 0.1) is 10.1 Å². The Bertz CT molecular complexity index is 1420. The molecule has 0 unspecified atom stereocenters. The van der Waals surface area contributed by atoms with Crippen molar-refractivity contribution in [2.75, 3.05) is 0 Å². The Morgan fingerprint density at radius 1 is 0.875 bits per heavy atom. The summed E-state index contributed by atoms with van der Waals surface area (Å²) < 4.78 is 9.50. The van der Waals surface area contributed by atoms with E-state index < -0.39 is 4.92 Å². The number of hydrogen-bond donors (Lipinski definition) is 0. The highest BCUT2D eigenvalue weighted by atomic mass is 32.1. The van der Waals surface area contributed by atoms with E-state index in [-0.39, 0.29) is 5.69 Å². The van der Waals surface area contributed by atoms with Gasteiger partial charge >= 0.3 is 0 Å². The first-order valence-corrected chi connectivity index (χ1v) is 11.0. The third kappa shape index (κ3) is 4.08. The van der Waals surface area contributed by atoms with Crippen molar-refractivity contribution in [3.05, 3.63) is 117 Å². The van der Waals surface area contributed by atoms with Gasteiger partial charge in [0.2, 0.25) is 5.52 Å². The van der Waals surface area contributed by atoms with Crippen LogP contribution in [0.4, 0.5) is 5.69 Å². The molecule has 0 saturated heterocycles. The van der Waals surface area contributed by atoms with E-state index in [4.69, 9.17) is 4.42 Å². The SMILES string of the molecule is O=[N+]([O-])c1ccc(-c2ccc(/C=C/c3sc4ccccc4[n+]3Cc3ccccc3)o2)cc1. The number of fused-ring (bicyclic) bond motifs is 1. The van der Waals surface area contributed by atoms with Crippen LogP contribution in [0.15, 0.2) is 95.4 Å². The maximum atomic E-state index is 10.9. The van der Waals surface area contributed by atoms with Crippen LogP contribution in [0.2, 0.25) is 0 Å². The Hall–Kier alpha value is -4.03. The first-order chi connectivity index (χ1) is 15.7. The van der Waals surface area contributed by atoms with Crippen molar-refractivity contribution in [2.24, 2.45) is 0 Å². The molecule has 0 amide bonds. The normalized spacial score (nSPS) is 11.4. The van der Waals surface area contributed by atoms with Crippen molar-refractivity contribution < 1.29 is 13.9 Å². The maximum Gasteiger partial charge on any atom is 0.269 e. The van der Waals surface area contributed by atoms with Crippen LogP contribution in [0.3, 0.4) is 0 Å². The number of thiazole rings is 1. The number of furan rings is 1. The average molecular weight is 440 g/mol. The second kappa shape index (κ2) is 8.61. The Balaban J connectivity index is 1.44. The lowest BCUT2D eigenvalue weighted by molar-refractivity contribution is -0.659. The molecule has 3 aromatic carbocycles. The standard InChI is InChI=1S/C26H19N2O3S/c29-28(30)21-12-10-20(11-13-21)24-16-14-22(31-24)15-17-26-27(18-19-6-2-1-3-7-19)23-8-4-5-9-25(23)32-26/h1-17H,18H2/q+1/b17-15+. The summed E-state index contributed by atoms with van der Waals surface area (Å²) in [6, 6.07) is 29.0. The minimum Gasteiger partial charge on any atom is -0.457 e. The zero-order chi connectivity index (χ0) is 21.9. The first kappa shape index (κ1) is 19.9. The largest absolute Gasteiger partial charge is 0.457 e. The van der Waals surface area contributed by atoms with Gasteiger partial charge in [0.15, 0.2) is 6.54 Å². The maximum absolute atomic E-state index is 10.9. The van der Waals surface area contributed by atoms with Crippen molar-refractivity contribution in [1.29, 1.82) is 0 Å². The van der Waals surface area contributed by atoms with Crippen molar-refractivity contribution in [2.45, 2.75) is 6.54 Å². The summed E-state index contributed by atoms with van der Waals surface area (Å²) >= 11 is 1.74. The van der Waals surface area contributed by atoms with Gasteiger partial charge in [-0.25, -0.2) is 0 Å². The lowest BCUT2D eigenvalue weighted by Gasteiger charge is -1.98. The molecule has 5 rings (SSSR count). The predicted octanol–water partition coefficient (Wildman–Crippen LogP) is 6.58. The van der Waals surface area contributed by atoms with E-state index in [0.29, 0.717) is 5.76 Å². The van der Waals surface area contributed by atoms with Crippen LogP contribution < -0.4 is 4.57 Å². The molecular weight excluding hydrogens is 420 g/mol. The van der Waals surface area contributed by atoms with E-state index in [0.717, 1.165) is 22.9 Å². The molecule has 0 aliphatic heterocycles. The molecule has 0 N–H and O–H groups in total. The predicted molar refractivity (Wildman–Crippen MR) is 127 cm³/mol. The highest BCUT2D eigenvalue weighted by molar-refractivity contribution is 7.18. The number of nitro groups is 1. The minimum absolute atomic E-state index is 0.0631. The number of nitrogens with zero attached hydrogens (tertiary/aromatic N) is 2. The molecule has 2 heterocycles. The Labute approximate surface area is 188 Å². The summed E-state index contributed by atoms with van der Waals surface area (Å²) in [5.74, 6) is 1.40. The topological polar surface area (TPSA) is 60.2 Å². The van der Waals surface area contributed by atoms with E-state index in [9.17, 15) is 10.1 Å². The summed E-state index contributed by atoms with van der Waals surface area (Å²) in [4.78, 5) is 10.4. The Morgan fingerprint density at radius 2 is 1.62 bits per heavy atom. The van der Waals surface area contributed by atoms with E-state index in [1.54, 1.807) is 23.5 Å². The number of rotatable bonds is 6. The number of hydrogen-bond acceptors (Lipinski definition) is 4. The number of para-hydroxylation sites is 1. The second-order valence-electron chi connectivity index (χ2n) is 7.32. The van der Waals surface area contributed by atoms with Gasteiger partial charge in [0.25, 0.3) is 10.7 Å². The molecule has 5 aromatic rings. The van der Waals surface area contributed by atoms with Crippen LogP contribution in [-0.2, 0) is 6.54 Å². The smallest absolute Gasteiger partial charge is 0.269 e. The number of benzene rings is 3. The zero-order valence-corrected chi connectivity index (χ0v) is 17.9. The zero-order valence-electron chi connectivity index (χ0n) is 17.0. The molecule has 0 fully saturated rings. The fourth-order valence-corrected chi connectivity index (χ4v) is 4.67. The minimum atomic E-state index is -0.407. The summed E-state index contributed by atoms with van der Waals surface area (Å²) in [7, 11) is 0. The number of aromatic nitrogens is 1. The molecule has 156 valence electrons. The molecule has 5 nitrogen and oxygen atoms in total. The molecule has 0 bridgehead atoms. The summed E-state index contributed by atoms with van der Waals surface area (Å²) in [5, 5.41) is 12.0. The fourth-order valence-electron chi connectivity index (χ4n) is 3.60. The van der Waals surface area contributed by atoms with Crippen molar-refractivity contribution in [1.82, 2.24) is 0 Å². The summed E-state index contributed by atoms with van der Waals surface area (Å²) in [6.07, 6.45) is 4.03. The van der Waals surface area contributed by atoms with Gasteiger partial charge < -0.3 is 4.42 Å². The highest BCUT2D eigenvalue weighted by Crippen LogP contribution is 2.26. The van der Waals surface area contributed by atoms with Crippen LogP contribution in [0.5, 0.6) is 0 Å². The van der Waals surface area contributed by atoms with Gasteiger partial charge in [-0.2, -0.15) is 4.57 Å². The molecular formula is C26H19N2O3S+. The Morgan fingerprint density at radius 3 is 2.41 bits per heavy atom. The third-order valence-electron chi connectivity index (χ3n) is 5.20. The van der Waals surface area contributed by atoms with Gasteiger partial charge in [-0.15, -0.1) is 0 Å². The van der Waals surface area contributed by atoms with E-state index in [2.05, 4.69) is 59.2 Å². The van der Waals surface area contributed by atoms with Crippen molar-refractivity contribution in [3.8, 4) is 11.3 Å². The second-order valence-corrected chi connectivity index (χ2v) is 8.38. The first-order valence-electron chi connectivity index (χ1n) is 10.2. The molecule has 6 heteroatoms. The number of non-ortho nitro benzene ring substituents is 1. The van der Waals surface area contributed by atoms with Crippen molar-refractivity contribution in [3.63, 3.8) is 0 Å². The van der Waals surface area contributed by atoms with E-state index >= 15 is 0 Å². The van der Waals surface area contributed by atoms with E-state index in [1.807, 2.05) is 24.3 Å². The van der Waals surface area contributed by atoms with Crippen molar-refractivity contribution >= 4 is 39.4 Å². The molecule has 0 saturated carbocycles. The van der Waals surface area contributed by atoms with Gasteiger partial charge in [0.1, 0.15) is 16.2 Å². The quantitative estimate of drug-likeness (QED) is 0.171. The average Bonchev–Trinajstić information content (AvgIpc) is 3.43. The summed E-state index contributed by atoms with van der Waals surface area (Å²) in [5.41, 5.74) is 3.31. The molecule has 0 aliphatic carbocycles. The van der Waals surface area contributed by atoms with Crippen LogP contribution in [-0.4, -0.2) is 4.92 Å². The Kier molecular flexibility index (Phi) is 5.35. The fraction of sp³-hybridized carbons (Fsp3) is 0.0385. The van der Waals surface area contributed by atoms with Gasteiger partial charge in [0.05, 0.1) is 4.92 Å². The molecule has 0 atom stereocenters. The molecule has 0 radical (unpaired) electrons. The molecule has 2 aromatic heterocycles.